The van der Waals surface area contributed by atoms with Gasteiger partial charge in [0.2, 0.25) is 0 Å². The van der Waals surface area contributed by atoms with Crippen molar-refractivity contribution in [1.82, 2.24) is 9.55 Å². The molecular formula is C17H19N3S. The molecule has 0 fully saturated rings. The quantitative estimate of drug-likeness (QED) is 0.764. The number of nitrogens with two attached hydrogens (primary N) is 1. The van der Waals surface area contributed by atoms with Crippen molar-refractivity contribution in [2.45, 2.75) is 25.4 Å². The number of benzene rings is 1. The third kappa shape index (κ3) is 2.77. The van der Waals surface area contributed by atoms with Crippen molar-refractivity contribution in [2.24, 2.45) is 5.73 Å². The van der Waals surface area contributed by atoms with Gasteiger partial charge in [0.15, 0.2) is 0 Å². The van der Waals surface area contributed by atoms with Gasteiger partial charge in [-0.3, -0.25) is 0 Å². The molecule has 0 aliphatic rings. The van der Waals surface area contributed by atoms with Crippen LogP contribution < -0.4 is 5.73 Å². The van der Waals surface area contributed by atoms with Crippen LogP contribution in [0.5, 0.6) is 0 Å². The molecule has 2 N–H and O–H groups in total. The molecule has 2 unspecified atom stereocenters. The van der Waals surface area contributed by atoms with E-state index in [1.54, 1.807) is 11.3 Å². The Morgan fingerprint density at radius 1 is 1.19 bits per heavy atom. The molecule has 1 aromatic carbocycles. The number of hydrogen-bond donors (Lipinski definition) is 1. The Kier molecular flexibility index (Phi) is 4.18. The Hall–Kier alpha value is -1.91. The highest BCUT2D eigenvalue weighted by Gasteiger charge is 2.22. The summed E-state index contributed by atoms with van der Waals surface area (Å²) in [4.78, 5) is 5.70. The van der Waals surface area contributed by atoms with E-state index in [9.17, 15) is 0 Å². The molecule has 21 heavy (non-hydrogen) atoms. The van der Waals surface area contributed by atoms with Crippen molar-refractivity contribution in [1.29, 1.82) is 0 Å². The molecule has 4 heteroatoms. The fraction of sp³-hybridized carbons (Fsp3) is 0.235. The van der Waals surface area contributed by atoms with Crippen LogP contribution in [0.4, 0.5) is 0 Å². The second-order valence-corrected chi connectivity index (χ2v) is 6.00. The average molecular weight is 297 g/mol. The maximum Gasteiger partial charge on any atom is 0.150 e. The fourth-order valence-electron chi connectivity index (χ4n) is 2.70. The molecule has 108 valence electrons. The van der Waals surface area contributed by atoms with Crippen LogP contribution >= 0.6 is 11.3 Å². The van der Waals surface area contributed by atoms with E-state index < -0.39 is 0 Å². The van der Waals surface area contributed by atoms with Crippen molar-refractivity contribution in [3.05, 3.63) is 65.8 Å². The summed E-state index contributed by atoms with van der Waals surface area (Å²) in [5.74, 6) is 1.00. The monoisotopic (exact) mass is 297 g/mol. The number of rotatable bonds is 5. The predicted octanol–water partition coefficient (Wildman–Crippen LogP) is 4.26. The van der Waals surface area contributed by atoms with E-state index in [0.717, 1.165) is 17.8 Å². The van der Waals surface area contributed by atoms with Crippen molar-refractivity contribution >= 4 is 11.3 Å². The van der Waals surface area contributed by atoms with Crippen LogP contribution in [0, 0.1) is 0 Å². The summed E-state index contributed by atoms with van der Waals surface area (Å²) in [7, 11) is 0. The van der Waals surface area contributed by atoms with E-state index in [-0.39, 0.29) is 12.1 Å². The van der Waals surface area contributed by atoms with Crippen LogP contribution in [0.15, 0.2) is 60.2 Å². The molecular weight excluding hydrogens is 278 g/mol. The first-order valence-corrected chi connectivity index (χ1v) is 8.06. The minimum Gasteiger partial charge on any atom is -0.325 e. The van der Waals surface area contributed by atoms with Gasteiger partial charge < -0.3 is 10.3 Å². The topological polar surface area (TPSA) is 43.8 Å². The highest BCUT2D eigenvalue weighted by atomic mass is 32.1. The zero-order valence-electron chi connectivity index (χ0n) is 12.0. The molecule has 2 atom stereocenters. The van der Waals surface area contributed by atoms with Gasteiger partial charge in [-0.1, -0.05) is 43.3 Å². The largest absolute Gasteiger partial charge is 0.325 e. The lowest BCUT2D eigenvalue weighted by Gasteiger charge is -2.26. The van der Waals surface area contributed by atoms with Gasteiger partial charge in [-0.15, -0.1) is 11.3 Å². The first kappa shape index (κ1) is 14.0. The molecule has 2 heterocycles. The second-order valence-electron chi connectivity index (χ2n) is 5.05. The third-order valence-electron chi connectivity index (χ3n) is 3.78. The van der Waals surface area contributed by atoms with E-state index in [2.05, 4.69) is 46.1 Å². The summed E-state index contributed by atoms with van der Waals surface area (Å²) < 4.78 is 2.21. The Bertz CT molecular complexity index is 673. The minimum atomic E-state index is -0.0379. The summed E-state index contributed by atoms with van der Waals surface area (Å²) in [5.41, 5.74) is 7.68. The van der Waals surface area contributed by atoms with Gasteiger partial charge in [-0.2, -0.15) is 0 Å². The molecule has 0 saturated heterocycles. The Labute approximate surface area is 129 Å². The molecule has 0 bridgehead atoms. The minimum absolute atomic E-state index is 0.0379. The van der Waals surface area contributed by atoms with E-state index in [4.69, 9.17) is 5.73 Å². The highest BCUT2D eigenvalue weighted by molar-refractivity contribution is 7.13. The average Bonchev–Trinajstić information content (AvgIpc) is 3.19. The molecule has 2 aromatic heterocycles. The van der Waals surface area contributed by atoms with Crippen LogP contribution in [0.25, 0.3) is 10.7 Å². The van der Waals surface area contributed by atoms with Crippen LogP contribution in [0.2, 0.25) is 0 Å². The van der Waals surface area contributed by atoms with Gasteiger partial charge in [-0.25, -0.2) is 4.98 Å². The van der Waals surface area contributed by atoms with Crippen molar-refractivity contribution < 1.29 is 0 Å². The van der Waals surface area contributed by atoms with Gasteiger partial charge in [0, 0.05) is 12.4 Å². The smallest absolute Gasteiger partial charge is 0.150 e. The molecule has 3 rings (SSSR count). The van der Waals surface area contributed by atoms with Crippen LogP contribution in [-0.2, 0) is 0 Å². The molecule has 0 radical (unpaired) electrons. The van der Waals surface area contributed by atoms with Gasteiger partial charge in [0.05, 0.1) is 17.0 Å². The normalized spacial score (nSPS) is 14.0. The predicted molar refractivity (Wildman–Crippen MR) is 88.2 cm³/mol. The zero-order chi connectivity index (χ0) is 14.7. The Morgan fingerprint density at radius 2 is 2.00 bits per heavy atom. The molecule has 0 aliphatic carbocycles. The summed E-state index contributed by atoms with van der Waals surface area (Å²) in [6.45, 7) is 2.17. The van der Waals surface area contributed by atoms with Crippen LogP contribution in [0.3, 0.4) is 0 Å². The number of imidazole rings is 1. The number of nitrogens with zero attached hydrogens (tertiary/aromatic N) is 2. The highest BCUT2D eigenvalue weighted by Crippen LogP contribution is 2.32. The Morgan fingerprint density at radius 3 is 2.67 bits per heavy atom. The fourth-order valence-corrected chi connectivity index (χ4v) is 3.42. The summed E-state index contributed by atoms with van der Waals surface area (Å²) in [5, 5.41) is 2.08. The molecule has 3 nitrogen and oxygen atoms in total. The molecule has 3 aromatic rings. The SMILES string of the molecule is CCC(C(N)c1ccccc1)n1ccnc1-c1cccs1. The second kappa shape index (κ2) is 6.24. The van der Waals surface area contributed by atoms with Crippen LogP contribution in [-0.4, -0.2) is 9.55 Å². The van der Waals surface area contributed by atoms with Gasteiger partial charge in [0.1, 0.15) is 5.82 Å². The van der Waals surface area contributed by atoms with E-state index in [0.29, 0.717) is 0 Å². The number of aromatic nitrogens is 2. The van der Waals surface area contributed by atoms with E-state index >= 15 is 0 Å². The van der Waals surface area contributed by atoms with Crippen molar-refractivity contribution in [3.8, 4) is 10.7 Å². The lowest BCUT2D eigenvalue weighted by atomic mass is 9.98. The Balaban J connectivity index is 1.96. The van der Waals surface area contributed by atoms with Crippen molar-refractivity contribution in [3.63, 3.8) is 0 Å². The standard InChI is InChI=1S/C17H19N3S/c1-2-14(16(18)13-7-4-3-5-8-13)20-11-10-19-17(20)15-9-6-12-21-15/h3-12,14,16H,2,18H2,1H3. The lowest BCUT2D eigenvalue weighted by Crippen LogP contribution is -2.24. The zero-order valence-corrected chi connectivity index (χ0v) is 12.8. The first-order chi connectivity index (χ1) is 10.3. The molecule has 0 aliphatic heterocycles. The maximum absolute atomic E-state index is 6.52. The van der Waals surface area contributed by atoms with Gasteiger partial charge in [0.25, 0.3) is 0 Å². The van der Waals surface area contributed by atoms with Gasteiger partial charge >= 0.3 is 0 Å². The summed E-state index contributed by atoms with van der Waals surface area (Å²) >= 11 is 1.71. The number of hydrogen-bond acceptors (Lipinski definition) is 3. The van der Waals surface area contributed by atoms with Crippen LogP contribution in [0.1, 0.15) is 31.0 Å². The first-order valence-electron chi connectivity index (χ1n) is 7.18. The van der Waals surface area contributed by atoms with Crippen molar-refractivity contribution in [2.75, 3.05) is 0 Å². The summed E-state index contributed by atoms with van der Waals surface area (Å²) in [6, 6.07) is 14.6. The maximum atomic E-state index is 6.52. The molecule has 0 saturated carbocycles. The lowest BCUT2D eigenvalue weighted by molar-refractivity contribution is 0.409. The third-order valence-corrected chi connectivity index (χ3v) is 4.65. The molecule has 0 spiro atoms. The van der Waals surface area contributed by atoms with Gasteiger partial charge in [-0.05, 0) is 23.4 Å². The van der Waals surface area contributed by atoms with E-state index in [1.165, 1.54) is 4.88 Å². The number of thiophene rings is 1. The van der Waals surface area contributed by atoms with E-state index in [1.807, 2.05) is 30.6 Å². The summed E-state index contributed by atoms with van der Waals surface area (Å²) in [6.07, 6.45) is 4.85. The molecule has 0 amide bonds.